The molecule has 0 radical (unpaired) electrons. The van der Waals surface area contributed by atoms with E-state index in [1.165, 1.54) is 12.1 Å². The number of para-hydroxylation sites is 1. The number of carbonyl (C=O) groups excluding carboxylic acids is 2. The molecule has 1 atom stereocenters. The Kier molecular flexibility index (Phi) is 8.30. The lowest BCUT2D eigenvalue weighted by Gasteiger charge is -2.16. The molecule has 2 N–H and O–H groups in total. The average Bonchev–Trinajstić information content (AvgIpc) is 3.15. The summed E-state index contributed by atoms with van der Waals surface area (Å²) < 4.78 is 20.8. The zero-order valence-electron chi connectivity index (χ0n) is 20.8. The van der Waals surface area contributed by atoms with Crippen LogP contribution >= 0.6 is 0 Å². The molecule has 4 rings (SSSR count). The number of carbonyl (C=O) groups is 2. The summed E-state index contributed by atoms with van der Waals surface area (Å²) in [6.07, 6.45) is 1.22. The highest BCUT2D eigenvalue weighted by Crippen LogP contribution is 2.25. The van der Waals surface area contributed by atoms with E-state index in [0.717, 1.165) is 33.3 Å². The van der Waals surface area contributed by atoms with E-state index in [4.69, 9.17) is 4.74 Å². The van der Waals surface area contributed by atoms with Crippen LogP contribution < -0.4 is 10.7 Å². The Balaban J connectivity index is 1.55. The lowest BCUT2D eigenvalue weighted by molar-refractivity contribution is -0.123. The number of nitrogens with one attached hydrogen (secondary N) is 2. The molecule has 1 heterocycles. The Hall–Kier alpha value is -4.46. The number of ether oxygens (including phenoxy) is 1. The molecule has 0 aliphatic heterocycles. The van der Waals surface area contributed by atoms with Crippen LogP contribution in [0.25, 0.3) is 10.9 Å². The molecule has 7 nitrogen and oxygen atoms in total. The van der Waals surface area contributed by atoms with Crippen molar-refractivity contribution in [1.29, 1.82) is 0 Å². The molecule has 0 saturated carbocycles. The number of aromatic nitrogens is 1. The number of fused-ring (bicyclic) bond motifs is 1. The minimum absolute atomic E-state index is 0.197. The van der Waals surface area contributed by atoms with Gasteiger partial charge in [-0.2, -0.15) is 5.10 Å². The Morgan fingerprint density at radius 3 is 2.51 bits per heavy atom. The standard InChI is InChI=1S/C29H29FN4O3/c1-3-37-29(36)32-26(17-21-10-5-4-6-11-21)28(35)33-31-18-25-20(2)34(27-15-8-7-14-24(25)27)19-22-12-9-13-23(30)16-22/h4-16,18,26H,3,17,19H2,1-2H3,(H,32,36)(H,33,35)/b31-18-/t26-/m1/s1. The third kappa shape index (κ3) is 6.41. The molecule has 0 fully saturated rings. The van der Waals surface area contributed by atoms with Crippen LogP contribution in [0.3, 0.4) is 0 Å². The molecule has 0 aliphatic rings. The predicted molar refractivity (Wildman–Crippen MR) is 142 cm³/mol. The fourth-order valence-electron chi connectivity index (χ4n) is 4.25. The monoisotopic (exact) mass is 500 g/mol. The summed E-state index contributed by atoms with van der Waals surface area (Å²) in [5, 5.41) is 7.78. The van der Waals surface area contributed by atoms with E-state index in [9.17, 15) is 14.0 Å². The van der Waals surface area contributed by atoms with Crippen LogP contribution in [0.15, 0.2) is 84.0 Å². The highest BCUT2D eigenvalue weighted by atomic mass is 19.1. The van der Waals surface area contributed by atoms with E-state index >= 15 is 0 Å². The van der Waals surface area contributed by atoms with Gasteiger partial charge in [-0.3, -0.25) is 4.79 Å². The summed E-state index contributed by atoms with van der Waals surface area (Å²) in [5.74, 6) is -0.744. The third-order valence-corrected chi connectivity index (χ3v) is 6.04. The van der Waals surface area contributed by atoms with Crippen LogP contribution in [0.5, 0.6) is 0 Å². The van der Waals surface area contributed by atoms with Gasteiger partial charge >= 0.3 is 6.09 Å². The van der Waals surface area contributed by atoms with Gasteiger partial charge in [0.05, 0.1) is 12.8 Å². The summed E-state index contributed by atoms with van der Waals surface area (Å²) in [6.45, 7) is 4.35. The number of amides is 2. The number of nitrogens with zero attached hydrogens (tertiary/aromatic N) is 2. The van der Waals surface area contributed by atoms with Crippen LogP contribution in [-0.4, -0.2) is 35.4 Å². The van der Waals surface area contributed by atoms with Gasteiger partial charge in [0.2, 0.25) is 0 Å². The molecule has 190 valence electrons. The number of benzene rings is 3. The lowest BCUT2D eigenvalue weighted by Crippen LogP contribution is -2.47. The minimum Gasteiger partial charge on any atom is -0.450 e. The van der Waals surface area contributed by atoms with E-state index in [-0.39, 0.29) is 18.8 Å². The van der Waals surface area contributed by atoms with Gasteiger partial charge in [0.25, 0.3) is 5.91 Å². The smallest absolute Gasteiger partial charge is 0.407 e. The van der Waals surface area contributed by atoms with E-state index in [1.807, 2.05) is 67.6 Å². The quantitative estimate of drug-likeness (QED) is 0.252. The Bertz CT molecular complexity index is 1420. The number of alkyl carbamates (subject to hydrolysis) is 1. The van der Waals surface area contributed by atoms with E-state index in [2.05, 4.69) is 20.4 Å². The molecule has 2 amide bonds. The first-order valence-electron chi connectivity index (χ1n) is 12.1. The number of hydrazone groups is 1. The van der Waals surface area contributed by atoms with Gasteiger partial charge in [0.1, 0.15) is 11.9 Å². The van der Waals surface area contributed by atoms with Gasteiger partial charge in [-0.05, 0) is 43.2 Å². The fraction of sp³-hybridized carbons (Fsp3) is 0.207. The van der Waals surface area contributed by atoms with Gasteiger partial charge < -0.3 is 14.6 Å². The van der Waals surface area contributed by atoms with Crippen molar-refractivity contribution >= 4 is 29.1 Å². The number of rotatable bonds is 9. The van der Waals surface area contributed by atoms with Crippen LogP contribution in [0.2, 0.25) is 0 Å². The largest absolute Gasteiger partial charge is 0.450 e. The molecule has 0 bridgehead atoms. The van der Waals surface area contributed by atoms with Crippen molar-refractivity contribution in [2.45, 2.75) is 32.9 Å². The van der Waals surface area contributed by atoms with Gasteiger partial charge in [-0.15, -0.1) is 0 Å². The van der Waals surface area contributed by atoms with Gasteiger partial charge in [-0.25, -0.2) is 14.6 Å². The SMILES string of the molecule is CCOC(=O)N[C@H](Cc1ccccc1)C(=O)N/N=C\c1c(C)n(Cc2cccc(F)c2)c2ccccc12. The number of hydrogen-bond acceptors (Lipinski definition) is 4. The molecular weight excluding hydrogens is 471 g/mol. The summed E-state index contributed by atoms with van der Waals surface area (Å²) in [6, 6.07) is 22.9. The van der Waals surface area contributed by atoms with Crippen LogP contribution in [0.4, 0.5) is 9.18 Å². The topological polar surface area (TPSA) is 84.7 Å². The maximum atomic E-state index is 13.8. The van der Waals surface area contributed by atoms with Crippen molar-refractivity contribution in [3.63, 3.8) is 0 Å². The van der Waals surface area contributed by atoms with Crippen molar-refractivity contribution in [1.82, 2.24) is 15.3 Å². The fourth-order valence-corrected chi connectivity index (χ4v) is 4.25. The second kappa shape index (κ2) is 12.0. The third-order valence-electron chi connectivity index (χ3n) is 6.04. The van der Waals surface area contributed by atoms with Crippen molar-refractivity contribution < 1.29 is 18.7 Å². The predicted octanol–water partition coefficient (Wildman–Crippen LogP) is 4.94. The normalized spacial score (nSPS) is 12.0. The Morgan fingerprint density at radius 2 is 1.76 bits per heavy atom. The second-order valence-corrected chi connectivity index (χ2v) is 8.57. The first-order valence-corrected chi connectivity index (χ1v) is 12.1. The van der Waals surface area contributed by atoms with E-state index in [0.29, 0.717) is 6.54 Å². The van der Waals surface area contributed by atoms with Crippen LogP contribution in [-0.2, 0) is 22.5 Å². The molecule has 1 aromatic heterocycles. The molecule has 4 aromatic rings. The Labute approximate surface area is 214 Å². The van der Waals surface area contributed by atoms with Crippen molar-refractivity contribution in [3.8, 4) is 0 Å². The van der Waals surface area contributed by atoms with Crippen molar-refractivity contribution in [2.24, 2.45) is 5.10 Å². The number of hydrogen-bond donors (Lipinski definition) is 2. The molecule has 0 saturated heterocycles. The summed E-state index contributed by atoms with van der Waals surface area (Å²) in [7, 11) is 0. The highest BCUT2D eigenvalue weighted by molar-refractivity contribution is 6.01. The van der Waals surface area contributed by atoms with E-state index in [1.54, 1.807) is 19.2 Å². The molecule has 8 heteroatoms. The molecule has 3 aromatic carbocycles. The van der Waals surface area contributed by atoms with Gasteiger partial charge in [0.15, 0.2) is 0 Å². The van der Waals surface area contributed by atoms with Gasteiger partial charge in [0, 0.05) is 35.1 Å². The van der Waals surface area contributed by atoms with E-state index < -0.39 is 18.0 Å². The maximum Gasteiger partial charge on any atom is 0.407 e. The van der Waals surface area contributed by atoms with Crippen molar-refractivity contribution in [3.05, 3.63) is 107 Å². The van der Waals surface area contributed by atoms with Crippen LogP contribution in [0.1, 0.15) is 29.3 Å². The zero-order valence-corrected chi connectivity index (χ0v) is 20.8. The zero-order chi connectivity index (χ0) is 26.2. The summed E-state index contributed by atoms with van der Waals surface area (Å²) in [5.41, 5.74) is 7.03. The Morgan fingerprint density at radius 1 is 1.03 bits per heavy atom. The molecule has 37 heavy (non-hydrogen) atoms. The maximum absolute atomic E-state index is 13.8. The minimum atomic E-state index is -0.867. The summed E-state index contributed by atoms with van der Waals surface area (Å²) in [4.78, 5) is 25.0. The molecule has 0 spiro atoms. The number of halogens is 1. The highest BCUT2D eigenvalue weighted by Gasteiger charge is 2.22. The first-order chi connectivity index (χ1) is 18.0. The van der Waals surface area contributed by atoms with Gasteiger partial charge in [-0.1, -0.05) is 60.7 Å². The lowest BCUT2D eigenvalue weighted by atomic mass is 10.1. The van der Waals surface area contributed by atoms with Crippen molar-refractivity contribution in [2.75, 3.05) is 6.61 Å². The van der Waals surface area contributed by atoms with Crippen LogP contribution in [0, 0.1) is 12.7 Å². The molecule has 0 unspecified atom stereocenters. The molecule has 0 aliphatic carbocycles. The summed E-state index contributed by atoms with van der Waals surface area (Å²) >= 11 is 0. The molecular formula is C29H29FN4O3. The first kappa shape index (κ1) is 25.6. The second-order valence-electron chi connectivity index (χ2n) is 8.57. The average molecular weight is 501 g/mol.